The van der Waals surface area contributed by atoms with Gasteiger partial charge in [0.2, 0.25) is 11.7 Å². The lowest BCUT2D eigenvalue weighted by atomic mass is 10.3. The molecule has 1 aromatic carbocycles. The summed E-state index contributed by atoms with van der Waals surface area (Å²) in [6, 6.07) is 8.11. The van der Waals surface area contributed by atoms with Crippen molar-refractivity contribution in [3.05, 3.63) is 35.1 Å². The number of para-hydroxylation sites is 1. The van der Waals surface area contributed by atoms with Crippen LogP contribution in [0.4, 0.5) is 8.78 Å². The van der Waals surface area contributed by atoms with Crippen molar-refractivity contribution in [3.63, 3.8) is 0 Å². The van der Waals surface area contributed by atoms with Gasteiger partial charge in [-0.1, -0.05) is 12.1 Å². The molecule has 0 saturated heterocycles. The number of fused-ring (bicyclic) bond motifs is 1. The molecule has 0 radical (unpaired) electrons. The minimum absolute atomic E-state index is 0.102. The molecule has 2 aromatic rings. The summed E-state index contributed by atoms with van der Waals surface area (Å²) >= 11 is 1.01. The second kappa shape index (κ2) is 3.75. The second-order valence-electron chi connectivity index (χ2n) is 2.73. The predicted molar refractivity (Wildman–Crippen MR) is 54.4 cm³/mol. The molecule has 0 unspecified atom stereocenters. The third-order valence-corrected chi connectivity index (χ3v) is 2.80. The van der Waals surface area contributed by atoms with Gasteiger partial charge in [-0.3, -0.25) is 0 Å². The van der Waals surface area contributed by atoms with Crippen LogP contribution in [0.1, 0.15) is 5.01 Å². The lowest BCUT2D eigenvalue weighted by Gasteiger charge is -1.86. The Morgan fingerprint density at radius 1 is 1.33 bits per heavy atom. The lowest BCUT2D eigenvalue weighted by Crippen LogP contribution is -1.78. The Morgan fingerprint density at radius 3 is 2.73 bits per heavy atom. The molecule has 2 rings (SSSR count). The van der Waals surface area contributed by atoms with Crippen LogP contribution in [-0.2, 0) is 0 Å². The number of nitriles is 1. The highest BCUT2D eigenvalue weighted by atomic mass is 32.1. The van der Waals surface area contributed by atoms with Crippen LogP contribution < -0.4 is 0 Å². The standard InChI is InChI=1S/C10H4F2N2S/c11-6(5-13)9(12)10-14-7-3-1-2-4-8(7)15-10/h1-4H. The van der Waals surface area contributed by atoms with E-state index in [-0.39, 0.29) is 5.01 Å². The molecule has 15 heavy (non-hydrogen) atoms. The number of rotatable bonds is 1. The summed E-state index contributed by atoms with van der Waals surface area (Å²) in [5.41, 5.74) is 0.596. The summed E-state index contributed by atoms with van der Waals surface area (Å²) in [5, 5.41) is 8.09. The quantitative estimate of drug-likeness (QED) is 0.693. The first kappa shape index (κ1) is 9.74. The predicted octanol–water partition coefficient (Wildman–Crippen LogP) is 3.43. The first-order valence-electron chi connectivity index (χ1n) is 4.03. The van der Waals surface area contributed by atoms with Gasteiger partial charge in [-0.2, -0.15) is 14.0 Å². The average molecular weight is 222 g/mol. The molecule has 1 heterocycles. The van der Waals surface area contributed by atoms with Crippen LogP contribution in [0.25, 0.3) is 16.0 Å². The number of benzene rings is 1. The van der Waals surface area contributed by atoms with Crippen LogP contribution in [0.2, 0.25) is 0 Å². The van der Waals surface area contributed by atoms with Crippen molar-refractivity contribution in [3.8, 4) is 6.07 Å². The largest absolute Gasteiger partial charge is 0.238 e. The summed E-state index contributed by atoms with van der Waals surface area (Å²) in [5.74, 6) is -2.63. The highest BCUT2D eigenvalue weighted by molar-refractivity contribution is 7.19. The first-order valence-corrected chi connectivity index (χ1v) is 4.85. The summed E-state index contributed by atoms with van der Waals surface area (Å²) in [7, 11) is 0. The normalized spacial score (nSPS) is 12.3. The van der Waals surface area contributed by atoms with Crippen LogP contribution >= 0.6 is 11.3 Å². The smallest absolute Gasteiger partial charge is 0.233 e. The Hall–Kier alpha value is -1.80. The maximum Gasteiger partial charge on any atom is 0.238 e. The monoisotopic (exact) mass is 222 g/mol. The third kappa shape index (κ3) is 1.72. The van der Waals surface area contributed by atoms with E-state index in [2.05, 4.69) is 4.98 Å². The van der Waals surface area contributed by atoms with Crippen molar-refractivity contribution in [2.45, 2.75) is 0 Å². The maximum atomic E-state index is 13.2. The molecule has 0 bridgehead atoms. The zero-order valence-corrected chi connectivity index (χ0v) is 8.18. The van der Waals surface area contributed by atoms with E-state index >= 15 is 0 Å². The molecule has 1 aromatic heterocycles. The van der Waals surface area contributed by atoms with E-state index in [9.17, 15) is 8.78 Å². The van der Waals surface area contributed by atoms with E-state index in [1.165, 1.54) is 0 Å². The molecule has 74 valence electrons. The molecule has 0 aliphatic carbocycles. The molecule has 0 spiro atoms. The second-order valence-corrected chi connectivity index (χ2v) is 3.76. The van der Waals surface area contributed by atoms with E-state index < -0.39 is 11.7 Å². The van der Waals surface area contributed by atoms with Crippen LogP contribution in [0.3, 0.4) is 0 Å². The van der Waals surface area contributed by atoms with E-state index in [4.69, 9.17) is 5.26 Å². The summed E-state index contributed by atoms with van der Waals surface area (Å²) in [6.45, 7) is 0. The summed E-state index contributed by atoms with van der Waals surface area (Å²) in [6.07, 6.45) is 0. The fourth-order valence-corrected chi connectivity index (χ4v) is 2.01. The van der Waals surface area contributed by atoms with Crippen molar-refractivity contribution in [1.29, 1.82) is 5.26 Å². The Bertz CT molecular complexity index is 547. The van der Waals surface area contributed by atoms with E-state index in [1.807, 2.05) is 0 Å². The van der Waals surface area contributed by atoms with Crippen molar-refractivity contribution >= 4 is 27.4 Å². The van der Waals surface area contributed by atoms with Crippen molar-refractivity contribution < 1.29 is 8.78 Å². The van der Waals surface area contributed by atoms with Crippen LogP contribution in [-0.4, -0.2) is 4.98 Å². The van der Waals surface area contributed by atoms with Gasteiger partial charge in [0.1, 0.15) is 6.07 Å². The minimum Gasteiger partial charge on any atom is -0.233 e. The molecule has 0 aliphatic heterocycles. The summed E-state index contributed by atoms with van der Waals surface area (Å²) in [4.78, 5) is 3.88. The topological polar surface area (TPSA) is 36.7 Å². The third-order valence-electron chi connectivity index (χ3n) is 1.77. The summed E-state index contributed by atoms with van der Waals surface area (Å²) < 4.78 is 26.6. The number of thiazole rings is 1. The number of halogens is 2. The van der Waals surface area contributed by atoms with Gasteiger partial charge in [0.05, 0.1) is 10.2 Å². The fourth-order valence-electron chi connectivity index (χ4n) is 1.11. The number of allylic oxidation sites excluding steroid dienone is 1. The van der Waals surface area contributed by atoms with Gasteiger partial charge < -0.3 is 0 Å². The number of hydrogen-bond acceptors (Lipinski definition) is 3. The van der Waals surface area contributed by atoms with Crippen LogP contribution in [0, 0.1) is 11.3 Å². The van der Waals surface area contributed by atoms with Crippen molar-refractivity contribution in [2.75, 3.05) is 0 Å². The zero-order valence-electron chi connectivity index (χ0n) is 7.37. The molecule has 0 fully saturated rings. The Morgan fingerprint density at radius 2 is 2.07 bits per heavy atom. The molecule has 0 saturated carbocycles. The highest BCUT2D eigenvalue weighted by Crippen LogP contribution is 2.29. The highest BCUT2D eigenvalue weighted by Gasteiger charge is 2.13. The fraction of sp³-hybridized carbons (Fsp3) is 0. The minimum atomic E-state index is -1.44. The molecule has 5 heteroatoms. The number of aromatic nitrogens is 1. The molecule has 0 aliphatic rings. The van der Waals surface area contributed by atoms with Gasteiger partial charge in [-0.05, 0) is 12.1 Å². The van der Waals surface area contributed by atoms with Gasteiger partial charge in [0.25, 0.3) is 0 Å². The van der Waals surface area contributed by atoms with Gasteiger partial charge in [-0.25, -0.2) is 4.98 Å². The molecule has 0 N–H and O–H groups in total. The molecule has 0 amide bonds. The number of nitrogens with zero attached hydrogens (tertiary/aromatic N) is 2. The number of hydrogen-bond donors (Lipinski definition) is 0. The SMILES string of the molecule is N#CC(F)=C(F)c1nc2ccccc2s1. The van der Waals surface area contributed by atoms with Gasteiger partial charge in [0, 0.05) is 0 Å². The first-order chi connectivity index (χ1) is 7.22. The van der Waals surface area contributed by atoms with E-state index in [1.54, 1.807) is 24.3 Å². The van der Waals surface area contributed by atoms with Gasteiger partial charge in [-0.15, -0.1) is 11.3 Å². The lowest BCUT2D eigenvalue weighted by molar-refractivity contribution is 0.632. The maximum absolute atomic E-state index is 13.2. The van der Waals surface area contributed by atoms with Crippen molar-refractivity contribution in [1.82, 2.24) is 4.98 Å². The van der Waals surface area contributed by atoms with Crippen LogP contribution in [0.15, 0.2) is 30.1 Å². The van der Waals surface area contributed by atoms with E-state index in [0.29, 0.717) is 5.52 Å². The zero-order chi connectivity index (χ0) is 10.8. The Labute approximate surface area is 88.1 Å². The Balaban J connectivity index is 2.60. The molecular formula is C10H4F2N2S. The van der Waals surface area contributed by atoms with Crippen molar-refractivity contribution in [2.24, 2.45) is 0 Å². The molecule has 2 nitrogen and oxygen atoms in total. The molecular weight excluding hydrogens is 218 g/mol. The van der Waals surface area contributed by atoms with Gasteiger partial charge >= 0.3 is 0 Å². The van der Waals surface area contributed by atoms with Gasteiger partial charge in [0.15, 0.2) is 5.01 Å². The molecule has 0 atom stereocenters. The Kier molecular flexibility index (Phi) is 2.44. The van der Waals surface area contributed by atoms with Crippen LogP contribution in [0.5, 0.6) is 0 Å². The van der Waals surface area contributed by atoms with E-state index in [0.717, 1.165) is 22.1 Å². The average Bonchev–Trinajstić information content (AvgIpc) is 2.70.